The van der Waals surface area contributed by atoms with E-state index >= 15 is 0 Å². The highest BCUT2D eigenvalue weighted by Gasteiger charge is 2.15. The van der Waals surface area contributed by atoms with E-state index in [1.54, 1.807) is 12.1 Å². The van der Waals surface area contributed by atoms with Gasteiger partial charge in [-0.25, -0.2) is 5.01 Å². The number of amides is 1. The van der Waals surface area contributed by atoms with Crippen LogP contribution >= 0.6 is 15.9 Å². The molecule has 1 fully saturated rings. The minimum absolute atomic E-state index is 0.128. The highest BCUT2D eigenvalue weighted by Crippen LogP contribution is 2.18. The lowest BCUT2D eigenvalue weighted by atomic mass is 10.1. The molecule has 92 valence electrons. The van der Waals surface area contributed by atoms with E-state index in [1.807, 2.05) is 11.1 Å². The van der Waals surface area contributed by atoms with Gasteiger partial charge in [-0.3, -0.25) is 10.2 Å². The van der Waals surface area contributed by atoms with Crippen molar-refractivity contribution in [1.82, 2.24) is 10.4 Å². The van der Waals surface area contributed by atoms with Crippen LogP contribution in [0.15, 0.2) is 22.7 Å². The molecule has 0 radical (unpaired) electrons. The quantitative estimate of drug-likeness (QED) is 0.823. The molecular formula is C12H16BrN3O. The van der Waals surface area contributed by atoms with Crippen molar-refractivity contribution >= 4 is 27.5 Å². The van der Waals surface area contributed by atoms with Gasteiger partial charge in [0.25, 0.3) is 5.91 Å². The van der Waals surface area contributed by atoms with Crippen molar-refractivity contribution in [2.45, 2.75) is 19.3 Å². The molecule has 1 aromatic carbocycles. The summed E-state index contributed by atoms with van der Waals surface area (Å²) in [6, 6.07) is 5.30. The van der Waals surface area contributed by atoms with Gasteiger partial charge in [0.05, 0.1) is 5.56 Å². The van der Waals surface area contributed by atoms with E-state index in [9.17, 15) is 4.79 Å². The van der Waals surface area contributed by atoms with Gasteiger partial charge >= 0.3 is 0 Å². The zero-order valence-corrected chi connectivity index (χ0v) is 11.2. The standard InChI is InChI=1S/C12H16BrN3O/c13-9-4-5-10(11(14)8-9)12(17)15-16-6-2-1-3-7-16/h4-5,8H,1-3,6-7,14H2,(H,15,17). The van der Waals surface area contributed by atoms with Crippen LogP contribution in [0, 0.1) is 0 Å². The summed E-state index contributed by atoms with van der Waals surface area (Å²) in [4.78, 5) is 12.0. The van der Waals surface area contributed by atoms with Crippen molar-refractivity contribution in [3.05, 3.63) is 28.2 Å². The van der Waals surface area contributed by atoms with Crippen LogP contribution in [-0.2, 0) is 0 Å². The van der Waals surface area contributed by atoms with E-state index in [0.717, 1.165) is 30.4 Å². The van der Waals surface area contributed by atoms with E-state index in [2.05, 4.69) is 21.4 Å². The number of rotatable bonds is 2. The lowest BCUT2D eigenvalue weighted by molar-refractivity contribution is 0.0751. The van der Waals surface area contributed by atoms with Gasteiger partial charge in [-0.2, -0.15) is 0 Å². The van der Waals surface area contributed by atoms with E-state index in [4.69, 9.17) is 5.73 Å². The van der Waals surface area contributed by atoms with Crippen LogP contribution < -0.4 is 11.2 Å². The molecule has 1 aliphatic heterocycles. The predicted octanol–water partition coefficient (Wildman–Crippen LogP) is 2.16. The number of carbonyl (C=O) groups excluding carboxylic acids is 1. The fourth-order valence-corrected chi connectivity index (χ4v) is 2.33. The van der Waals surface area contributed by atoms with E-state index in [-0.39, 0.29) is 5.91 Å². The molecule has 0 bridgehead atoms. The zero-order chi connectivity index (χ0) is 12.3. The predicted molar refractivity (Wildman–Crippen MR) is 71.4 cm³/mol. The van der Waals surface area contributed by atoms with E-state index in [1.165, 1.54) is 6.42 Å². The first-order valence-corrected chi connectivity index (χ1v) is 6.57. The molecule has 2 rings (SSSR count). The van der Waals surface area contributed by atoms with E-state index < -0.39 is 0 Å². The van der Waals surface area contributed by atoms with Crippen LogP contribution in [0.1, 0.15) is 29.6 Å². The van der Waals surface area contributed by atoms with Crippen LogP contribution in [0.3, 0.4) is 0 Å². The molecule has 0 unspecified atom stereocenters. The average Bonchev–Trinajstić information content (AvgIpc) is 2.30. The minimum atomic E-state index is -0.128. The summed E-state index contributed by atoms with van der Waals surface area (Å²) in [5.41, 5.74) is 9.73. The Labute approximate surface area is 109 Å². The Hall–Kier alpha value is -1.07. The van der Waals surface area contributed by atoms with Crippen molar-refractivity contribution in [3.63, 3.8) is 0 Å². The first-order chi connectivity index (χ1) is 8.16. The van der Waals surface area contributed by atoms with Gasteiger partial charge in [-0.15, -0.1) is 0 Å². The lowest BCUT2D eigenvalue weighted by Gasteiger charge is -2.27. The normalized spacial score (nSPS) is 16.8. The Balaban J connectivity index is 2.03. The average molecular weight is 298 g/mol. The molecule has 0 saturated carbocycles. The summed E-state index contributed by atoms with van der Waals surface area (Å²) in [7, 11) is 0. The Bertz CT molecular complexity index is 416. The fourth-order valence-electron chi connectivity index (χ4n) is 1.95. The third-order valence-corrected chi connectivity index (χ3v) is 3.37. The van der Waals surface area contributed by atoms with Gasteiger partial charge in [0.15, 0.2) is 0 Å². The van der Waals surface area contributed by atoms with Crippen LogP contribution in [0.4, 0.5) is 5.69 Å². The van der Waals surface area contributed by atoms with Crippen LogP contribution in [-0.4, -0.2) is 24.0 Å². The largest absolute Gasteiger partial charge is 0.398 e. The number of nitrogens with one attached hydrogen (secondary N) is 1. The number of halogens is 1. The highest BCUT2D eigenvalue weighted by atomic mass is 79.9. The smallest absolute Gasteiger partial charge is 0.267 e. The third kappa shape index (κ3) is 3.20. The van der Waals surface area contributed by atoms with Crippen molar-refractivity contribution < 1.29 is 4.79 Å². The second-order valence-electron chi connectivity index (χ2n) is 4.22. The maximum Gasteiger partial charge on any atom is 0.267 e. The van der Waals surface area contributed by atoms with Gasteiger partial charge in [0.1, 0.15) is 0 Å². The second-order valence-corrected chi connectivity index (χ2v) is 5.14. The SMILES string of the molecule is Nc1cc(Br)ccc1C(=O)NN1CCCCC1. The van der Waals surface area contributed by atoms with Crippen LogP contribution in [0.2, 0.25) is 0 Å². The number of nitrogens with zero attached hydrogens (tertiary/aromatic N) is 1. The molecule has 0 spiro atoms. The van der Waals surface area contributed by atoms with Crippen molar-refractivity contribution in [3.8, 4) is 0 Å². The Morgan fingerprint density at radius 3 is 2.65 bits per heavy atom. The first-order valence-electron chi connectivity index (χ1n) is 5.78. The molecule has 1 heterocycles. The number of nitrogens with two attached hydrogens (primary N) is 1. The van der Waals surface area contributed by atoms with E-state index in [0.29, 0.717) is 11.3 Å². The van der Waals surface area contributed by atoms with Gasteiger partial charge in [-0.05, 0) is 31.0 Å². The number of nitrogen functional groups attached to an aromatic ring is 1. The maximum absolute atomic E-state index is 12.0. The molecule has 0 atom stereocenters. The Morgan fingerprint density at radius 2 is 2.00 bits per heavy atom. The highest BCUT2D eigenvalue weighted by molar-refractivity contribution is 9.10. The molecule has 1 aliphatic rings. The van der Waals surface area contributed by atoms with Crippen LogP contribution in [0.5, 0.6) is 0 Å². The molecule has 17 heavy (non-hydrogen) atoms. The molecule has 1 saturated heterocycles. The number of benzene rings is 1. The summed E-state index contributed by atoms with van der Waals surface area (Å²) in [5.74, 6) is -0.128. The van der Waals surface area contributed by atoms with Gasteiger partial charge in [0, 0.05) is 23.2 Å². The molecular weight excluding hydrogens is 282 g/mol. The number of piperidine rings is 1. The lowest BCUT2D eigenvalue weighted by Crippen LogP contribution is -2.45. The molecule has 1 amide bonds. The molecule has 5 heteroatoms. The maximum atomic E-state index is 12.0. The molecule has 4 nitrogen and oxygen atoms in total. The van der Waals surface area contributed by atoms with Gasteiger partial charge in [0.2, 0.25) is 0 Å². The number of hydrogen-bond donors (Lipinski definition) is 2. The minimum Gasteiger partial charge on any atom is -0.398 e. The Morgan fingerprint density at radius 1 is 1.29 bits per heavy atom. The molecule has 0 aromatic heterocycles. The van der Waals surface area contributed by atoms with Gasteiger partial charge in [-0.1, -0.05) is 22.4 Å². The number of hydrogen-bond acceptors (Lipinski definition) is 3. The summed E-state index contributed by atoms with van der Waals surface area (Å²) in [6.07, 6.45) is 3.51. The van der Waals surface area contributed by atoms with Crippen molar-refractivity contribution in [1.29, 1.82) is 0 Å². The molecule has 3 N–H and O–H groups in total. The summed E-state index contributed by atoms with van der Waals surface area (Å²) in [6.45, 7) is 1.84. The van der Waals surface area contributed by atoms with Crippen molar-refractivity contribution in [2.24, 2.45) is 0 Å². The third-order valence-electron chi connectivity index (χ3n) is 2.87. The van der Waals surface area contributed by atoms with Crippen LogP contribution in [0.25, 0.3) is 0 Å². The fraction of sp³-hybridized carbons (Fsp3) is 0.417. The van der Waals surface area contributed by atoms with Gasteiger partial charge < -0.3 is 5.73 Å². The molecule has 1 aromatic rings. The zero-order valence-electron chi connectivity index (χ0n) is 9.58. The second kappa shape index (κ2) is 5.51. The number of anilines is 1. The number of hydrazine groups is 1. The Kier molecular flexibility index (Phi) is 4.02. The monoisotopic (exact) mass is 297 g/mol. The summed E-state index contributed by atoms with van der Waals surface area (Å²) >= 11 is 3.32. The number of carbonyl (C=O) groups is 1. The topological polar surface area (TPSA) is 58.4 Å². The molecule has 0 aliphatic carbocycles. The van der Waals surface area contributed by atoms with Crippen molar-refractivity contribution in [2.75, 3.05) is 18.8 Å². The summed E-state index contributed by atoms with van der Waals surface area (Å²) in [5, 5.41) is 1.97. The summed E-state index contributed by atoms with van der Waals surface area (Å²) < 4.78 is 0.879. The first kappa shape index (κ1) is 12.4.